The number of hydrogen-bond acceptors (Lipinski definition) is 3. The van der Waals surface area contributed by atoms with Gasteiger partial charge in [-0.25, -0.2) is 13.6 Å². The van der Waals surface area contributed by atoms with Crippen molar-refractivity contribution in [3.8, 4) is 0 Å². The second-order valence-corrected chi connectivity index (χ2v) is 6.87. The minimum Gasteiger partial charge on any atom is -0.396 e. The van der Waals surface area contributed by atoms with Crippen LogP contribution >= 0.6 is 0 Å². The zero-order valence-corrected chi connectivity index (χ0v) is 11.3. The van der Waals surface area contributed by atoms with Gasteiger partial charge < -0.3 is 5.11 Å². The fraction of sp³-hybridized carbons (Fsp3) is 0.538. The van der Waals surface area contributed by atoms with Gasteiger partial charge in [-0.1, -0.05) is 24.1 Å². The van der Waals surface area contributed by atoms with Crippen molar-refractivity contribution in [3.05, 3.63) is 29.3 Å². The lowest BCUT2D eigenvalue weighted by Gasteiger charge is -2.40. The van der Waals surface area contributed by atoms with Crippen molar-refractivity contribution in [1.82, 2.24) is 0 Å². The summed E-state index contributed by atoms with van der Waals surface area (Å²) in [6, 6.07) is 5.16. The fourth-order valence-electron chi connectivity index (χ4n) is 2.60. The second-order valence-electron chi connectivity index (χ2n) is 5.34. The van der Waals surface area contributed by atoms with Gasteiger partial charge in [0, 0.05) is 6.61 Å². The standard InChI is InChI=1S/C13H19NO3S/c1-10-3-4-12(18(14,16)17)11(7-10)8-13(9-15)5-2-6-13/h3-4,7,15H,2,5-6,8-9H2,1H3,(H2,14,16,17). The van der Waals surface area contributed by atoms with Crippen LogP contribution in [0.5, 0.6) is 0 Å². The van der Waals surface area contributed by atoms with Crippen LogP contribution in [0.4, 0.5) is 0 Å². The topological polar surface area (TPSA) is 80.4 Å². The molecule has 0 atom stereocenters. The maximum Gasteiger partial charge on any atom is 0.238 e. The van der Waals surface area contributed by atoms with Crippen LogP contribution in [-0.2, 0) is 16.4 Å². The molecule has 0 amide bonds. The molecule has 3 N–H and O–H groups in total. The first-order valence-electron chi connectivity index (χ1n) is 6.10. The van der Waals surface area contributed by atoms with E-state index in [1.165, 1.54) is 0 Å². The van der Waals surface area contributed by atoms with Gasteiger partial charge in [0.05, 0.1) is 4.90 Å². The molecule has 100 valence electrons. The van der Waals surface area contributed by atoms with E-state index in [1.807, 2.05) is 13.0 Å². The molecular formula is C13H19NO3S. The van der Waals surface area contributed by atoms with Gasteiger partial charge in [0.2, 0.25) is 10.0 Å². The first kappa shape index (κ1) is 13.5. The van der Waals surface area contributed by atoms with Crippen molar-refractivity contribution in [2.75, 3.05) is 6.61 Å². The van der Waals surface area contributed by atoms with Gasteiger partial charge in [-0.05, 0) is 43.2 Å². The molecule has 0 aromatic heterocycles. The molecule has 1 fully saturated rings. The van der Waals surface area contributed by atoms with Crippen LogP contribution in [0.15, 0.2) is 23.1 Å². The molecule has 1 aliphatic carbocycles. The summed E-state index contributed by atoms with van der Waals surface area (Å²) in [7, 11) is -3.70. The van der Waals surface area contributed by atoms with E-state index in [2.05, 4.69) is 0 Å². The maximum absolute atomic E-state index is 11.6. The highest BCUT2D eigenvalue weighted by molar-refractivity contribution is 7.89. The summed E-state index contributed by atoms with van der Waals surface area (Å²) < 4.78 is 23.1. The van der Waals surface area contributed by atoms with Crippen molar-refractivity contribution < 1.29 is 13.5 Å². The highest BCUT2D eigenvalue weighted by Gasteiger charge is 2.37. The highest BCUT2D eigenvalue weighted by Crippen LogP contribution is 2.44. The number of hydrogen-bond donors (Lipinski definition) is 2. The molecule has 2 rings (SSSR count). The summed E-state index contributed by atoms with van der Waals surface area (Å²) >= 11 is 0. The Bertz CT molecular complexity index is 542. The monoisotopic (exact) mass is 269 g/mol. The van der Waals surface area contributed by atoms with Crippen LogP contribution in [0.3, 0.4) is 0 Å². The Balaban J connectivity index is 2.40. The van der Waals surface area contributed by atoms with Crippen molar-refractivity contribution in [3.63, 3.8) is 0 Å². The van der Waals surface area contributed by atoms with Gasteiger partial charge in [0.15, 0.2) is 0 Å². The van der Waals surface area contributed by atoms with Gasteiger partial charge in [-0.15, -0.1) is 0 Å². The number of benzene rings is 1. The van der Waals surface area contributed by atoms with Gasteiger partial charge in [-0.3, -0.25) is 0 Å². The third-order valence-corrected chi connectivity index (χ3v) is 4.85. The van der Waals surface area contributed by atoms with Crippen molar-refractivity contribution in [2.45, 2.75) is 37.5 Å². The largest absolute Gasteiger partial charge is 0.396 e. The molecule has 0 aliphatic heterocycles. The summed E-state index contributed by atoms with van der Waals surface area (Å²) in [5.41, 5.74) is 1.59. The summed E-state index contributed by atoms with van der Waals surface area (Å²) in [6.07, 6.45) is 3.57. The number of sulfonamides is 1. The molecular weight excluding hydrogens is 250 g/mol. The van der Waals surface area contributed by atoms with Gasteiger partial charge >= 0.3 is 0 Å². The maximum atomic E-state index is 11.6. The molecule has 1 saturated carbocycles. The molecule has 1 aromatic rings. The Morgan fingerprint density at radius 3 is 2.50 bits per heavy atom. The van der Waals surface area contributed by atoms with Gasteiger partial charge in [0.25, 0.3) is 0 Å². The highest BCUT2D eigenvalue weighted by atomic mass is 32.2. The Labute approximate surface area is 108 Å². The molecule has 0 heterocycles. The molecule has 0 saturated heterocycles. The molecule has 18 heavy (non-hydrogen) atoms. The van der Waals surface area contributed by atoms with Crippen LogP contribution < -0.4 is 5.14 Å². The molecule has 0 radical (unpaired) electrons. The SMILES string of the molecule is Cc1ccc(S(N)(=O)=O)c(CC2(CO)CCC2)c1. The van der Waals surface area contributed by atoms with E-state index in [-0.39, 0.29) is 16.9 Å². The first-order valence-corrected chi connectivity index (χ1v) is 7.64. The molecule has 1 aromatic carbocycles. The average Bonchev–Trinajstić information content (AvgIpc) is 2.21. The summed E-state index contributed by atoms with van der Waals surface area (Å²) in [6.45, 7) is 2.02. The zero-order valence-electron chi connectivity index (χ0n) is 10.5. The van der Waals surface area contributed by atoms with Crippen molar-refractivity contribution in [1.29, 1.82) is 0 Å². The lowest BCUT2D eigenvalue weighted by molar-refractivity contribution is 0.0444. The van der Waals surface area contributed by atoms with E-state index in [0.717, 1.165) is 30.4 Å². The normalized spacial score (nSPS) is 18.4. The van der Waals surface area contributed by atoms with Crippen LogP contribution in [0.25, 0.3) is 0 Å². The molecule has 4 nitrogen and oxygen atoms in total. The Kier molecular flexibility index (Phi) is 3.49. The van der Waals surface area contributed by atoms with E-state index < -0.39 is 10.0 Å². The molecule has 0 bridgehead atoms. The van der Waals surface area contributed by atoms with Crippen molar-refractivity contribution in [2.24, 2.45) is 10.6 Å². The van der Waals surface area contributed by atoms with Gasteiger partial charge in [-0.2, -0.15) is 0 Å². The predicted octanol–water partition coefficient (Wildman–Crippen LogP) is 1.35. The Hall–Kier alpha value is -0.910. The first-order chi connectivity index (χ1) is 8.36. The van der Waals surface area contributed by atoms with Crippen LogP contribution in [0.2, 0.25) is 0 Å². The number of aryl methyl sites for hydroxylation is 1. The summed E-state index contributed by atoms with van der Waals surface area (Å²) in [5.74, 6) is 0. The Morgan fingerprint density at radius 1 is 1.39 bits per heavy atom. The van der Waals surface area contributed by atoms with Crippen LogP contribution in [-0.4, -0.2) is 20.1 Å². The quantitative estimate of drug-likeness (QED) is 0.865. The van der Waals surface area contributed by atoms with E-state index in [1.54, 1.807) is 12.1 Å². The molecule has 1 aliphatic rings. The number of aliphatic hydroxyl groups is 1. The van der Waals surface area contributed by atoms with E-state index in [9.17, 15) is 13.5 Å². The minimum atomic E-state index is -3.70. The lowest BCUT2D eigenvalue weighted by atomic mass is 9.66. The van der Waals surface area contributed by atoms with Crippen LogP contribution in [0, 0.1) is 12.3 Å². The van der Waals surface area contributed by atoms with Crippen LogP contribution in [0.1, 0.15) is 30.4 Å². The third kappa shape index (κ3) is 2.58. The summed E-state index contributed by atoms with van der Waals surface area (Å²) in [5, 5.41) is 14.7. The Morgan fingerprint density at radius 2 is 2.06 bits per heavy atom. The number of primary sulfonamides is 1. The van der Waals surface area contributed by atoms with Crippen molar-refractivity contribution >= 4 is 10.0 Å². The third-order valence-electron chi connectivity index (χ3n) is 3.84. The minimum absolute atomic E-state index is 0.102. The molecule has 0 spiro atoms. The number of nitrogens with two attached hydrogens (primary N) is 1. The fourth-order valence-corrected chi connectivity index (χ4v) is 3.35. The lowest BCUT2D eigenvalue weighted by Crippen LogP contribution is -2.36. The zero-order chi connectivity index (χ0) is 13.4. The van der Waals surface area contributed by atoms with E-state index in [0.29, 0.717) is 6.42 Å². The molecule has 5 heteroatoms. The predicted molar refractivity (Wildman–Crippen MR) is 69.6 cm³/mol. The van der Waals surface area contributed by atoms with E-state index >= 15 is 0 Å². The average molecular weight is 269 g/mol. The smallest absolute Gasteiger partial charge is 0.238 e. The van der Waals surface area contributed by atoms with E-state index in [4.69, 9.17) is 5.14 Å². The summed E-state index contributed by atoms with van der Waals surface area (Å²) in [4.78, 5) is 0.188. The van der Waals surface area contributed by atoms with Gasteiger partial charge in [0.1, 0.15) is 0 Å². The number of aliphatic hydroxyl groups excluding tert-OH is 1. The molecule has 0 unspecified atom stereocenters. The second kappa shape index (κ2) is 4.64. The number of rotatable bonds is 4.